The van der Waals surface area contributed by atoms with Gasteiger partial charge in [-0.15, -0.1) is 28.0 Å². The highest BCUT2D eigenvalue weighted by atomic mass is 32.1. The van der Waals surface area contributed by atoms with E-state index in [-0.39, 0.29) is 5.92 Å². The van der Waals surface area contributed by atoms with Crippen LogP contribution < -0.4 is 16.0 Å². The Morgan fingerprint density at radius 3 is 2.17 bits per heavy atom. The highest BCUT2D eigenvalue weighted by Gasteiger charge is 2.15. The van der Waals surface area contributed by atoms with Gasteiger partial charge in [0, 0.05) is 53.6 Å². The van der Waals surface area contributed by atoms with Crippen LogP contribution in [0.3, 0.4) is 0 Å². The minimum atomic E-state index is 0.284. The average Bonchev–Trinajstić information content (AvgIpc) is 3.18. The molecule has 8 heteroatoms. The molecule has 0 amide bonds. The fraction of sp³-hybridized carbons (Fsp3) is 0.212. The number of nitrogens with one attached hydrogen (secondary N) is 1. The zero-order valence-electron chi connectivity index (χ0n) is 23.2. The number of nitrogen functional groups attached to an aromatic ring is 1. The van der Waals surface area contributed by atoms with Gasteiger partial charge in [-0.25, -0.2) is 0 Å². The lowest BCUT2D eigenvalue weighted by molar-refractivity contribution is 0.588. The first kappa shape index (κ1) is 26.9. The summed E-state index contributed by atoms with van der Waals surface area (Å²) in [4.78, 5) is 3.17. The second kappa shape index (κ2) is 11.7. The molecule has 1 unspecified atom stereocenters. The number of nitrogens with two attached hydrogens (primary N) is 1. The zero-order valence-corrected chi connectivity index (χ0v) is 24.1. The highest BCUT2D eigenvalue weighted by Crippen LogP contribution is 2.38. The van der Waals surface area contributed by atoms with Crippen molar-refractivity contribution in [2.75, 3.05) is 36.8 Å². The van der Waals surface area contributed by atoms with Gasteiger partial charge >= 0.3 is 0 Å². The first-order valence-corrected chi connectivity index (χ1v) is 14.3. The molecule has 41 heavy (non-hydrogen) atoms. The number of nitrogens with zero attached hydrogens (tertiary/aromatic N) is 5. The molecule has 6 rings (SSSR count). The van der Waals surface area contributed by atoms with Gasteiger partial charge in [-0.3, -0.25) is 0 Å². The number of piperazine rings is 1. The van der Waals surface area contributed by atoms with Crippen molar-refractivity contribution in [3.63, 3.8) is 0 Å². The molecule has 1 heterocycles. The third kappa shape index (κ3) is 5.94. The topological polar surface area (TPSA) is 90.7 Å². The molecule has 0 radical (unpaired) electrons. The number of hydrogen-bond acceptors (Lipinski definition) is 8. The van der Waals surface area contributed by atoms with Gasteiger partial charge in [0.2, 0.25) is 0 Å². The third-order valence-electron chi connectivity index (χ3n) is 7.51. The van der Waals surface area contributed by atoms with Gasteiger partial charge in [0.25, 0.3) is 0 Å². The molecule has 1 aliphatic heterocycles. The van der Waals surface area contributed by atoms with E-state index >= 15 is 0 Å². The van der Waals surface area contributed by atoms with Crippen LogP contribution in [0.4, 0.5) is 34.1 Å². The molecule has 4 aromatic carbocycles. The van der Waals surface area contributed by atoms with Gasteiger partial charge in [0.15, 0.2) is 0 Å². The second-order valence-electron chi connectivity index (χ2n) is 10.6. The number of hydrogen-bond donors (Lipinski definition) is 3. The summed E-state index contributed by atoms with van der Waals surface area (Å²) in [6.07, 6.45) is 8.52. The summed E-state index contributed by atoms with van der Waals surface area (Å²) in [5.41, 5.74) is 14.2. The Morgan fingerprint density at radius 2 is 1.46 bits per heavy atom. The fourth-order valence-electron chi connectivity index (χ4n) is 5.25. The number of allylic oxidation sites excluding steroid dienone is 2. The number of aryl methyl sites for hydroxylation is 1. The Hall–Kier alpha value is -4.27. The minimum absolute atomic E-state index is 0.284. The first-order chi connectivity index (χ1) is 19.9. The van der Waals surface area contributed by atoms with Gasteiger partial charge in [0.1, 0.15) is 0 Å². The van der Waals surface area contributed by atoms with E-state index in [1.165, 1.54) is 11.3 Å². The van der Waals surface area contributed by atoms with Crippen LogP contribution in [0.25, 0.3) is 22.9 Å². The predicted molar refractivity (Wildman–Crippen MR) is 174 cm³/mol. The van der Waals surface area contributed by atoms with E-state index in [9.17, 15) is 0 Å². The van der Waals surface area contributed by atoms with Crippen molar-refractivity contribution in [3.05, 3.63) is 89.5 Å². The van der Waals surface area contributed by atoms with Crippen molar-refractivity contribution in [3.8, 4) is 0 Å². The van der Waals surface area contributed by atoms with E-state index in [0.29, 0.717) is 11.4 Å². The third-order valence-corrected chi connectivity index (χ3v) is 7.87. The lowest BCUT2D eigenvalue weighted by Gasteiger charge is -2.30. The Morgan fingerprint density at radius 1 is 0.780 bits per heavy atom. The Bertz CT molecular complexity index is 1730. The van der Waals surface area contributed by atoms with Crippen molar-refractivity contribution < 1.29 is 0 Å². The number of azo groups is 2. The Kier molecular flexibility index (Phi) is 7.67. The van der Waals surface area contributed by atoms with Gasteiger partial charge in [-0.05, 0) is 83.8 Å². The fourth-order valence-corrected chi connectivity index (χ4v) is 5.50. The summed E-state index contributed by atoms with van der Waals surface area (Å²) in [6, 6.07) is 19.9. The SMILES string of the molecule is Cc1cc(N=Nc2ccc(N=Nc3cc4cc(N)ccc4cc3S)c3c2C=CC(C)C=C3)ccc1N1CCNCC1. The molecule has 1 aliphatic carbocycles. The monoisotopic (exact) mass is 559 g/mol. The molecule has 2 aliphatic rings. The molecular formula is C33H33N7S. The van der Waals surface area contributed by atoms with Crippen molar-refractivity contribution in [1.29, 1.82) is 0 Å². The maximum Gasteiger partial charge on any atom is 0.0996 e. The van der Waals surface area contributed by atoms with E-state index in [2.05, 4.69) is 93.6 Å². The van der Waals surface area contributed by atoms with Crippen LogP contribution in [0.2, 0.25) is 0 Å². The van der Waals surface area contributed by atoms with E-state index < -0.39 is 0 Å². The summed E-state index contributed by atoms with van der Waals surface area (Å²) >= 11 is 4.65. The minimum Gasteiger partial charge on any atom is -0.399 e. The maximum atomic E-state index is 5.99. The van der Waals surface area contributed by atoms with E-state index in [4.69, 9.17) is 5.73 Å². The van der Waals surface area contributed by atoms with E-state index in [1.807, 2.05) is 48.5 Å². The lowest BCUT2D eigenvalue weighted by atomic mass is 10.0. The van der Waals surface area contributed by atoms with Crippen molar-refractivity contribution >= 4 is 69.7 Å². The molecule has 0 bridgehead atoms. The number of rotatable bonds is 5. The van der Waals surface area contributed by atoms with Crippen LogP contribution in [0.15, 0.2) is 98.2 Å². The van der Waals surface area contributed by atoms with Gasteiger partial charge in [0.05, 0.1) is 22.7 Å². The number of anilines is 2. The number of thiol groups is 1. The molecule has 0 saturated carbocycles. The summed E-state index contributed by atoms with van der Waals surface area (Å²) < 4.78 is 0. The van der Waals surface area contributed by atoms with Crippen molar-refractivity contribution in [2.45, 2.75) is 18.7 Å². The van der Waals surface area contributed by atoms with Gasteiger partial charge in [-0.2, -0.15) is 5.11 Å². The molecule has 0 aromatic heterocycles. The van der Waals surface area contributed by atoms with Gasteiger partial charge < -0.3 is 16.0 Å². The molecule has 1 atom stereocenters. The quantitative estimate of drug-likeness (QED) is 0.129. The molecular weight excluding hydrogens is 526 g/mol. The normalized spacial score (nSPS) is 17.0. The van der Waals surface area contributed by atoms with Crippen LogP contribution in [0.5, 0.6) is 0 Å². The maximum absolute atomic E-state index is 5.99. The highest BCUT2D eigenvalue weighted by molar-refractivity contribution is 7.80. The van der Waals surface area contributed by atoms with E-state index in [1.54, 1.807) is 0 Å². The van der Waals surface area contributed by atoms with Crippen LogP contribution in [-0.4, -0.2) is 26.2 Å². The summed E-state index contributed by atoms with van der Waals surface area (Å²) in [5.74, 6) is 0.284. The Labute approximate surface area is 246 Å². The van der Waals surface area contributed by atoms with Crippen LogP contribution in [0, 0.1) is 12.8 Å². The summed E-state index contributed by atoms with van der Waals surface area (Å²) in [6.45, 7) is 8.34. The summed E-state index contributed by atoms with van der Waals surface area (Å²) in [7, 11) is 0. The zero-order chi connectivity index (χ0) is 28.3. The van der Waals surface area contributed by atoms with Crippen molar-refractivity contribution in [1.82, 2.24) is 5.32 Å². The Balaban J connectivity index is 1.31. The smallest absolute Gasteiger partial charge is 0.0996 e. The van der Waals surface area contributed by atoms with Crippen molar-refractivity contribution in [2.24, 2.45) is 26.4 Å². The summed E-state index contributed by atoms with van der Waals surface area (Å²) in [5, 5.41) is 24.0. The molecule has 1 fully saturated rings. The lowest BCUT2D eigenvalue weighted by Crippen LogP contribution is -2.43. The predicted octanol–water partition coefficient (Wildman–Crippen LogP) is 8.94. The van der Waals surface area contributed by atoms with Crippen LogP contribution in [-0.2, 0) is 0 Å². The number of fused-ring (bicyclic) bond motifs is 2. The van der Waals surface area contributed by atoms with Crippen LogP contribution >= 0.6 is 12.6 Å². The average molecular weight is 560 g/mol. The molecule has 3 N–H and O–H groups in total. The van der Waals surface area contributed by atoms with E-state index in [0.717, 1.165) is 70.0 Å². The molecule has 7 nitrogen and oxygen atoms in total. The second-order valence-corrected chi connectivity index (χ2v) is 11.0. The standard InChI is InChI=1S/C33H33N7S/c1-21-3-8-27-28(9-4-21)30(38-39-31-19-24-18-25(34)6-5-23(24)20-33(31)41)11-10-29(27)37-36-26-7-12-32(22(2)17-26)40-15-13-35-14-16-40/h3-12,17-21,35,41H,13-16,34H2,1-2H3. The van der Waals surface area contributed by atoms with Gasteiger partial charge in [-0.1, -0.05) is 37.3 Å². The number of benzene rings is 4. The van der Waals surface area contributed by atoms with Crippen LogP contribution in [0.1, 0.15) is 23.6 Å². The molecule has 206 valence electrons. The largest absolute Gasteiger partial charge is 0.399 e. The molecule has 0 spiro atoms. The molecule has 4 aromatic rings. The first-order valence-electron chi connectivity index (χ1n) is 13.9. The molecule has 1 saturated heterocycles.